The van der Waals surface area contributed by atoms with Gasteiger partial charge in [-0.15, -0.1) is 0 Å². The Labute approximate surface area is 130 Å². The number of rotatable bonds is 7. The highest BCUT2D eigenvalue weighted by Crippen LogP contribution is 2.28. The molecule has 4 heteroatoms. The highest BCUT2D eigenvalue weighted by molar-refractivity contribution is 9.10. The van der Waals surface area contributed by atoms with Gasteiger partial charge >= 0.3 is 0 Å². The molecule has 0 aromatic heterocycles. The van der Waals surface area contributed by atoms with Crippen molar-refractivity contribution in [3.63, 3.8) is 0 Å². The summed E-state index contributed by atoms with van der Waals surface area (Å²) < 4.78 is 1.05. The maximum atomic E-state index is 12.4. The van der Waals surface area contributed by atoms with E-state index < -0.39 is 0 Å². The minimum absolute atomic E-state index is 0.0706. The van der Waals surface area contributed by atoms with Crippen LogP contribution in [0.1, 0.15) is 51.6 Å². The van der Waals surface area contributed by atoms with Crippen molar-refractivity contribution < 1.29 is 4.79 Å². The first-order valence-corrected chi connectivity index (χ1v) is 8.06. The molecule has 20 heavy (non-hydrogen) atoms. The molecule has 1 aromatic carbocycles. The molecule has 0 saturated carbocycles. The van der Waals surface area contributed by atoms with Crippen LogP contribution in [0.25, 0.3) is 0 Å². The SMILES string of the molecule is CCCN(C(=O)CCC(C)N)C(C)c1ccccc1Br. The molecule has 0 bridgehead atoms. The van der Waals surface area contributed by atoms with Crippen LogP contribution in [-0.4, -0.2) is 23.4 Å². The van der Waals surface area contributed by atoms with Crippen LogP contribution < -0.4 is 5.73 Å². The molecule has 0 saturated heterocycles. The lowest BCUT2D eigenvalue weighted by atomic mass is 10.1. The molecule has 0 fully saturated rings. The zero-order valence-corrected chi connectivity index (χ0v) is 14.2. The fourth-order valence-corrected chi connectivity index (χ4v) is 2.87. The van der Waals surface area contributed by atoms with Crippen LogP contribution in [0.15, 0.2) is 28.7 Å². The Morgan fingerprint density at radius 2 is 2.00 bits per heavy atom. The van der Waals surface area contributed by atoms with Gasteiger partial charge in [0.2, 0.25) is 5.91 Å². The molecule has 0 aliphatic carbocycles. The van der Waals surface area contributed by atoms with E-state index in [2.05, 4.69) is 35.8 Å². The first kappa shape index (κ1) is 17.2. The summed E-state index contributed by atoms with van der Waals surface area (Å²) in [5.74, 6) is 0.187. The third-order valence-corrected chi connectivity index (χ3v) is 4.14. The van der Waals surface area contributed by atoms with Crippen LogP contribution in [0.5, 0.6) is 0 Å². The predicted molar refractivity (Wildman–Crippen MR) is 87.4 cm³/mol. The van der Waals surface area contributed by atoms with Gasteiger partial charge in [-0.05, 0) is 38.3 Å². The standard InChI is InChI=1S/C16H25BrN2O/c1-4-11-19(16(20)10-9-12(2)18)13(3)14-7-5-6-8-15(14)17/h5-8,12-13H,4,9-11,18H2,1-3H3. The fraction of sp³-hybridized carbons (Fsp3) is 0.562. The van der Waals surface area contributed by atoms with Gasteiger partial charge in [0.05, 0.1) is 6.04 Å². The van der Waals surface area contributed by atoms with Gasteiger partial charge in [0.15, 0.2) is 0 Å². The van der Waals surface area contributed by atoms with Crippen molar-refractivity contribution in [3.05, 3.63) is 34.3 Å². The summed E-state index contributed by atoms with van der Waals surface area (Å²) in [6, 6.07) is 8.22. The summed E-state index contributed by atoms with van der Waals surface area (Å²) in [6.45, 7) is 6.90. The van der Waals surface area contributed by atoms with Gasteiger partial charge in [-0.3, -0.25) is 4.79 Å². The second kappa shape index (κ2) is 8.42. The van der Waals surface area contributed by atoms with Crippen LogP contribution in [-0.2, 0) is 4.79 Å². The van der Waals surface area contributed by atoms with E-state index in [-0.39, 0.29) is 18.0 Å². The second-order valence-corrected chi connectivity index (χ2v) is 6.15. The van der Waals surface area contributed by atoms with Gasteiger partial charge in [0.1, 0.15) is 0 Å². The Morgan fingerprint density at radius 1 is 1.35 bits per heavy atom. The normalized spacial score (nSPS) is 13.8. The molecule has 1 amide bonds. The molecule has 0 radical (unpaired) electrons. The summed E-state index contributed by atoms with van der Waals surface area (Å²) in [7, 11) is 0. The molecule has 2 unspecified atom stereocenters. The zero-order chi connectivity index (χ0) is 15.1. The summed E-state index contributed by atoms with van der Waals surface area (Å²) in [5, 5.41) is 0. The minimum Gasteiger partial charge on any atom is -0.336 e. The number of carbonyl (C=O) groups excluding carboxylic acids is 1. The number of hydrogen-bond acceptors (Lipinski definition) is 2. The molecule has 2 N–H and O–H groups in total. The number of nitrogens with zero attached hydrogens (tertiary/aromatic N) is 1. The van der Waals surface area contributed by atoms with Gasteiger partial charge in [-0.25, -0.2) is 0 Å². The highest BCUT2D eigenvalue weighted by Gasteiger charge is 2.21. The predicted octanol–water partition coefficient (Wildman–Crippen LogP) is 3.88. The van der Waals surface area contributed by atoms with Crippen LogP contribution in [0.3, 0.4) is 0 Å². The van der Waals surface area contributed by atoms with E-state index in [1.165, 1.54) is 0 Å². The van der Waals surface area contributed by atoms with Gasteiger partial charge in [0.25, 0.3) is 0 Å². The van der Waals surface area contributed by atoms with Gasteiger partial charge in [0, 0.05) is 23.5 Å². The quantitative estimate of drug-likeness (QED) is 0.818. The lowest BCUT2D eigenvalue weighted by Gasteiger charge is -2.30. The van der Waals surface area contributed by atoms with E-state index >= 15 is 0 Å². The summed E-state index contributed by atoms with van der Waals surface area (Å²) in [6.07, 6.45) is 2.22. The topological polar surface area (TPSA) is 46.3 Å². The van der Waals surface area contributed by atoms with Crippen molar-refractivity contribution >= 4 is 21.8 Å². The fourth-order valence-electron chi connectivity index (χ4n) is 2.25. The molecule has 0 aliphatic rings. The number of carbonyl (C=O) groups is 1. The Hall–Kier alpha value is -0.870. The first-order valence-electron chi connectivity index (χ1n) is 7.26. The first-order chi connectivity index (χ1) is 9.47. The number of benzene rings is 1. The average Bonchev–Trinajstić information content (AvgIpc) is 2.42. The summed E-state index contributed by atoms with van der Waals surface area (Å²) in [5.41, 5.74) is 6.90. The van der Waals surface area contributed by atoms with Gasteiger partial charge in [-0.1, -0.05) is 41.1 Å². The monoisotopic (exact) mass is 340 g/mol. The van der Waals surface area contributed by atoms with Crippen LogP contribution in [0, 0.1) is 0 Å². The Kier molecular flexibility index (Phi) is 7.24. The Morgan fingerprint density at radius 3 is 2.55 bits per heavy atom. The summed E-state index contributed by atoms with van der Waals surface area (Å²) in [4.78, 5) is 14.4. The number of halogens is 1. The second-order valence-electron chi connectivity index (χ2n) is 5.30. The maximum Gasteiger partial charge on any atom is 0.223 e. The smallest absolute Gasteiger partial charge is 0.223 e. The van der Waals surface area contributed by atoms with Crippen molar-refractivity contribution in [1.29, 1.82) is 0 Å². The summed E-state index contributed by atoms with van der Waals surface area (Å²) >= 11 is 3.57. The van der Waals surface area contributed by atoms with Crippen molar-refractivity contribution in [2.45, 2.75) is 52.1 Å². The molecule has 1 rings (SSSR count). The van der Waals surface area contributed by atoms with Crippen LogP contribution >= 0.6 is 15.9 Å². The van der Waals surface area contributed by atoms with Gasteiger partial charge < -0.3 is 10.6 Å². The van der Waals surface area contributed by atoms with Crippen LogP contribution in [0.2, 0.25) is 0 Å². The lowest BCUT2D eigenvalue weighted by molar-refractivity contribution is -0.133. The molecular weight excluding hydrogens is 316 g/mol. The maximum absolute atomic E-state index is 12.4. The molecule has 0 heterocycles. The molecule has 1 aromatic rings. The molecule has 0 aliphatic heterocycles. The van der Waals surface area contributed by atoms with E-state index in [4.69, 9.17) is 5.73 Å². The number of nitrogens with two attached hydrogens (primary N) is 1. The van der Waals surface area contributed by atoms with Crippen molar-refractivity contribution in [2.75, 3.05) is 6.54 Å². The van der Waals surface area contributed by atoms with E-state index in [0.717, 1.165) is 29.4 Å². The minimum atomic E-state index is 0.0706. The number of amides is 1. The van der Waals surface area contributed by atoms with Crippen LogP contribution in [0.4, 0.5) is 0 Å². The van der Waals surface area contributed by atoms with E-state index in [1.807, 2.05) is 30.0 Å². The average molecular weight is 341 g/mol. The highest BCUT2D eigenvalue weighted by atomic mass is 79.9. The van der Waals surface area contributed by atoms with Crippen molar-refractivity contribution in [3.8, 4) is 0 Å². The third kappa shape index (κ3) is 4.91. The Bertz CT molecular complexity index is 434. The Balaban J connectivity index is 2.84. The van der Waals surface area contributed by atoms with Gasteiger partial charge in [-0.2, -0.15) is 0 Å². The van der Waals surface area contributed by atoms with E-state index in [1.54, 1.807) is 0 Å². The molecule has 0 spiro atoms. The lowest BCUT2D eigenvalue weighted by Crippen LogP contribution is -2.35. The number of hydrogen-bond donors (Lipinski definition) is 1. The zero-order valence-electron chi connectivity index (χ0n) is 12.6. The molecule has 2 atom stereocenters. The largest absolute Gasteiger partial charge is 0.336 e. The molecule has 3 nitrogen and oxygen atoms in total. The van der Waals surface area contributed by atoms with Crippen molar-refractivity contribution in [1.82, 2.24) is 4.90 Å². The van der Waals surface area contributed by atoms with Crippen molar-refractivity contribution in [2.24, 2.45) is 5.73 Å². The molecular formula is C16H25BrN2O. The van der Waals surface area contributed by atoms with E-state index in [0.29, 0.717) is 6.42 Å². The van der Waals surface area contributed by atoms with E-state index in [9.17, 15) is 4.79 Å². The molecule has 112 valence electrons. The third-order valence-electron chi connectivity index (χ3n) is 3.42.